The SMILES string of the molecule is CCc1nnc([C@@H]2C(=N)S/C(=C\c3ccc(OCc4cccc5ccccc45)cc3)C2=O)s1. The second kappa shape index (κ2) is 9.29. The number of carbonyl (C=O) groups excluding carboxylic acids is 1. The van der Waals surface area contributed by atoms with Crippen LogP contribution in [-0.4, -0.2) is 21.0 Å². The van der Waals surface area contributed by atoms with E-state index in [9.17, 15) is 4.79 Å². The lowest BCUT2D eigenvalue weighted by atomic mass is 10.0. The summed E-state index contributed by atoms with van der Waals surface area (Å²) in [5, 5.41) is 20.7. The van der Waals surface area contributed by atoms with Gasteiger partial charge in [-0.05, 0) is 46.5 Å². The molecular formula is C26H21N3O2S2. The zero-order valence-electron chi connectivity index (χ0n) is 17.9. The second-order valence-electron chi connectivity index (χ2n) is 7.66. The number of rotatable bonds is 6. The number of thioether (sulfide) groups is 1. The fraction of sp³-hybridized carbons (Fsp3) is 0.154. The van der Waals surface area contributed by atoms with Gasteiger partial charge >= 0.3 is 0 Å². The van der Waals surface area contributed by atoms with E-state index in [1.165, 1.54) is 33.9 Å². The first-order chi connectivity index (χ1) is 16.1. The van der Waals surface area contributed by atoms with Crippen LogP contribution in [0, 0.1) is 5.41 Å². The Kier molecular flexibility index (Phi) is 6.07. The van der Waals surface area contributed by atoms with Gasteiger partial charge in [0.15, 0.2) is 5.78 Å². The highest BCUT2D eigenvalue weighted by Gasteiger charge is 2.39. The first-order valence-corrected chi connectivity index (χ1v) is 12.3. The Hall–Kier alpha value is -3.29. The number of carbonyl (C=O) groups is 1. The molecule has 7 heteroatoms. The lowest BCUT2D eigenvalue weighted by Gasteiger charge is -2.09. The van der Waals surface area contributed by atoms with Crippen molar-refractivity contribution < 1.29 is 9.53 Å². The molecule has 1 N–H and O–H groups in total. The van der Waals surface area contributed by atoms with E-state index in [1.807, 2.05) is 55.5 Å². The maximum Gasteiger partial charge on any atom is 0.186 e. The number of Topliss-reactive ketones (excluding diaryl/α,β-unsaturated/α-hetero) is 1. The maximum atomic E-state index is 12.9. The van der Waals surface area contributed by atoms with E-state index in [2.05, 4.69) is 34.5 Å². The van der Waals surface area contributed by atoms with Crippen LogP contribution in [0.4, 0.5) is 0 Å². The van der Waals surface area contributed by atoms with Crippen molar-refractivity contribution in [1.29, 1.82) is 5.41 Å². The average molecular weight is 472 g/mol. The van der Waals surface area contributed by atoms with E-state index in [1.54, 1.807) is 0 Å². The molecule has 0 radical (unpaired) electrons. The van der Waals surface area contributed by atoms with Crippen LogP contribution in [0.25, 0.3) is 16.8 Å². The topological polar surface area (TPSA) is 75.9 Å². The standard InChI is InChI=1S/C26H21N3O2S2/c1-2-22-28-29-26(33-22)23-24(30)21(32-25(23)27)14-16-10-12-19(13-11-16)31-15-18-8-5-7-17-6-3-4-9-20(17)18/h3-14,23,27H,2,15H2,1H3/b21-14-,27-25?/t23-/m0/s1. The zero-order chi connectivity index (χ0) is 22.8. The number of nitrogens with one attached hydrogen (secondary N) is 1. The number of nitrogens with zero attached hydrogens (tertiary/aromatic N) is 2. The number of allylic oxidation sites excluding steroid dienone is 1. The van der Waals surface area contributed by atoms with Crippen LogP contribution in [-0.2, 0) is 17.8 Å². The van der Waals surface area contributed by atoms with Gasteiger partial charge in [-0.2, -0.15) is 0 Å². The Balaban J connectivity index is 1.28. The lowest BCUT2D eigenvalue weighted by Crippen LogP contribution is -2.11. The van der Waals surface area contributed by atoms with E-state index in [0.29, 0.717) is 21.6 Å². The molecule has 0 bridgehead atoms. The molecule has 5 nitrogen and oxygen atoms in total. The van der Waals surface area contributed by atoms with Crippen molar-refractivity contribution in [3.05, 3.63) is 92.8 Å². The molecule has 1 fully saturated rings. The third kappa shape index (κ3) is 4.47. The molecule has 1 atom stereocenters. The largest absolute Gasteiger partial charge is 0.489 e. The molecular weight excluding hydrogens is 450 g/mol. The Labute approximate surface area is 200 Å². The van der Waals surface area contributed by atoms with Gasteiger partial charge in [0.25, 0.3) is 0 Å². The number of benzene rings is 3. The van der Waals surface area contributed by atoms with Crippen LogP contribution in [0.5, 0.6) is 5.75 Å². The molecule has 0 spiro atoms. The fourth-order valence-electron chi connectivity index (χ4n) is 3.73. The molecule has 4 aromatic rings. The first-order valence-electron chi connectivity index (χ1n) is 10.7. The third-order valence-electron chi connectivity index (χ3n) is 5.47. The Morgan fingerprint density at radius 3 is 2.61 bits per heavy atom. The van der Waals surface area contributed by atoms with E-state index < -0.39 is 5.92 Å². The van der Waals surface area contributed by atoms with Crippen molar-refractivity contribution in [3.63, 3.8) is 0 Å². The highest BCUT2D eigenvalue weighted by Crippen LogP contribution is 2.41. The second-order valence-corrected chi connectivity index (χ2v) is 9.83. The zero-order valence-corrected chi connectivity index (χ0v) is 19.6. The van der Waals surface area contributed by atoms with Gasteiger partial charge in [-0.1, -0.05) is 73.3 Å². The average Bonchev–Trinajstić information content (AvgIpc) is 3.42. The summed E-state index contributed by atoms with van der Waals surface area (Å²) in [7, 11) is 0. The normalized spacial score (nSPS) is 17.2. The number of fused-ring (bicyclic) bond motifs is 1. The van der Waals surface area contributed by atoms with Crippen LogP contribution in [0.2, 0.25) is 0 Å². The molecule has 5 rings (SSSR count). The molecule has 0 unspecified atom stereocenters. The van der Waals surface area contributed by atoms with E-state index in [0.717, 1.165) is 28.3 Å². The summed E-state index contributed by atoms with van der Waals surface area (Å²) >= 11 is 2.61. The highest BCUT2D eigenvalue weighted by molar-refractivity contribution is 8.19. The first kappa shape index (κ1) is 21.6. The summed E-state index contributed by atoms with van der Waals surface area (Å²) in [6, 6.07) is 22.2. The molecule has 3 aromatic carbocycles. The molecule has 0 aliphatic carbocycles. The van der Waals surface area contributed by atoms with E-state index in [4.69, 9.17) is 10.1 Å². The Morgan fingerprint density at radius 1 is 1.03 bits per heavy atom. The molecule has 0 saturated carbocycles. The summed E-state index contributed by atoms with van der Waals surface area (Å²) in [6.45, 7) is 2.48. The summed E-state index contributed by atoms with van der Waals surface area (Å²) < 4.78 is 6.01. The summed E-state index contributed by atoms with van der Waals surface area (Å²) in [5.74, 6) is 0.0597. The monoisotopic (exact) mass is 471 g/mol. The molecule has 1 saturated heterocycles. The molecule has 1 aliphatic heterocycles. The van der Waals surface area contributed by atoms with Crippen LogP contribution in [0.1, 0.15) is 34.0 Å². The molecule has 1 aromatic heterocycles. The maximum absolute atomic E-state index is 12.9. The number of aromatic nitrogens is 2. The van der Waals surface area contributed by atoms with Crippen molar-refractivity contribution in [1.82, 2.24) is 10.2 Å². The van der Waals surface area contributed by atoms with Gasteiger partial charge in [-0.15, -0.1) is 21.5 Å². The van der Waals surface area contributed by atoms with Crippen LogP contribution >= 0.6 is 23.1 Å². The fourth-order valence-corrected chi connectivity index (χ4v) is 5.68. The van der Waals surface area contributed by atoms with Gasteiger partial charge in [0.2, 0.25) is 0 Å². The minimum absolute atomic E-state index is 0.0833. The van der Waals surface area contributed by atoms with Crippen molar-refractivity contribution >= 4 is 50.8 Å². The molecule has 2 heterocycles. The van der Waals surface area contributed by atoms with Gasteiger partial charge in [0.1, 0.15) is 28.3 Å². The summed E-state index contributed by atoms with van der Waals surface area (Å²) in [5.41, 5.74) is 2.03. The molecule has 33 heavy (non-hydrogen) atoms. The van der Waals surface area contributed by atoms with Crippen molar-refractivity contribution in [2.24, 2.45) is 0 Å². The molecule has 164 valence electrons. The number of ether oxygens (including phenoxy) is 1. The van der Waals surface area contributed by atoms with Gasteiger partial charge < -0.3 is 4.74 Å². The van der Waals surface area contributed by atoms with Crippen LogP contribution < -0.4 is 4.74 Å². The van der Waals surface area contributed by atoms with Gasteiger partial charge in [0.05, 0.1) is 9.95 Å². The quantitative estimate of drug-likeness (QED) is 0.336. The molecule has 1 aliphatic rings. The Morgan fingerprint density at radius 2 is 1.82 bits per heavy atom. The predicted octanol–water partition coefficient (Wildman–Crippen LogP) is 6.25. The number of ketones is 1. The number of aryl methyl sites for hydroxylation is 1. The van der Waals surface area contributed by atoms with Gasteiger partial charge in [-0.25, -0.2) is 0 Å². The molecule has 0 amide bonds. The van der Waals surface area contributed by atoms with E-state index in [-0.39, 0.29) is 5.78 Å². The van der Waals surface area contributed by atoms with Crippen LogP contribution in [0.3, 0.4) is 0 Å². The van der Waals surface area contributed by atoms with Gasteiger partial charge in [-0.3, -0.25) is 10.2 Å². The highest BCUT2D eigenvalue weighted by atomic mass is 32.2. The van der Waals surface area contributed by atoms with Crippen molar-refractivity contribution in [3.8, 4) is 5.75 Å². The van der Waals surface area contributed by atoms with Crippen molar-refractivity contribution in [2.75, 3.05) is 0 Å². The minimum Gasteiger partial charge on any atom is -0.489 e. The smallest absolute Gasteiger partial charge is 0.186 e. The van der Waals surface area contributed by atoms with Crippen molar-refractivity contribution in [2.45, 2.75) is 25.9 Å². The van der Waals surface area contributed by atoms with Gasteiger partial charge in [0, 0.05) is 0 Å². The summed E-state index contributed by atoms with van der Waals surface area (Å²) in [6.07, 6.45) is 2.61. The lowest BCUT2D eigenvalue weighted by molar-refractivity contribution is -0.114. The summed E-state index contributed by atoms with van der Waals surface area (Å²) in [4.78, 5) is 13.5. The Bertz CT molecular complexity index is 1370. The predicted molar refractivity (Wildman–Crippen MR) is 135 cm³/mol. The number of hydrogen-bond acceptors (Lipinski definition) is 7. The number of hydrogen-bond donors (Lipinski definition) is 1. The van der Waals surface area contributed by atoms with Crippen LogP contribution in [0.15, 0.2) is 71.6 Å². The third-order valence-corrected chi connectivity index (χ3v) is 7.60. The van der Waals surface area contributed by atoms with E-state index >= 15 is 0 Å². The minimum atomic E-state index is -0.623.